The monoisotopic (exact) mass is 294 g/mol. The van der Waals surface area contributed by atoms with E-state index in [1.807, 2.05) is 6.92 Å². The maximum atomic E-state index is 12.4. The molecule has 0 saturated carbocycles. The molecule has 19 heavy (non-hydrogen) atoms. The van der Waals surface area contributed by atoms with E-state index in [2.05, 4.69) is 0 Å². The van der Waals surface area contributed by atoms with Gasteiger partial charge in [-0.3, -0.25) is 4.79 Å². The Hall–Kier alpha value is -1.51. The Bertz CT molecular complexity index is 589. The number of carbonyl (C=O) groups is 1. The zero-order valence-corrected chi connectivity index (χ0v) is 11.8. The van der Waals surface area contributed by atoms with Gasteiger partial charge in [0.1, 0.15) is 5.75 Å². The summed E-state index contributed by atoms with van der Waals surface area (Å²) in [4.78, 5) is 12.4. The number of ether oxygens (including phenoxy) is 1. The van der Waals surface area contributed by atoms with Crippen LogP contribution in [-0.2, 0) is 0 Å². The summed E-state index contributed by atoms with van der Waals surface area (Å²) in [5, 5.41) is 0.693. The Morgan fingerprint density at radius 2 is 1.74 bits per heavy atom. The van der Waals surface area contributed by atoms with Crippen LogP contribution in [0.1, 0.15) is 22.8 Å². The normalized spacial score (nSPS) is 10.3. The van der Waals surface area contributed by atoms with Crippen LogP contribution in [0.4, 0.5) is 0 Å². The van der Waals surface area contributed by atoms with Gasteiger partial charge < -0.3 is 4.74 Å². The van der Waals surface area contributed by atoms with Gasteiger partial charge in [-0.05, 0) is 31.2 Å². The molecule has 0 unspecified atom stereocenters. The fraction of sp³-hybridized carbons (Fsp3) is 0.133. The number of ketones is 1. The van der Waals surface area contributed by atoms with Crippen molar-refractivity contribution in [3.8, 4) is 5.75 Å². The van der Waals surface area contributed by atoms with Crippen molar-refractivity contribution in [1.82, 2.24) is 0 Å². The highest BCUT2D eigenvalue weighted by molar-refractivity contribution is 6.41. The summed E-state index contributed by atoms with van der Waals surface area (Å²) in [5.74, 6) is 0.439. The quantitative estimate of drug-likeness (QED) is 0.769. The van der Waals surface area contributed by atoms with Crippen LogP contribution in [0.5, 0.6) is 5.75 Å². The van der Waals surface area contributed by atoms with Gasteiger partial charge in [-0.15, -0.1) is 0 Å². The molecule has 0 aliphatic heterocycles. The highest BCUT2D eigenvalue weighted by Crippen LogP contribution is 2.27. The summed E-state index contributed by atoms with van der Waals surface area (Å²) in [5.41, 5.74) is 0.820. The van der Waals surface area contributed by atoms with E-state index < -0.39 is 0 Å². The molecule has 4 heteroatoms. The smallest absolute Gasteiger partial charge is 0.196 e. The molecular formula is C15H12Cl2O2. The van der Waals surface area contributed by atoms with E-state index in [4.69, 9.17) is 27.9 Å². The number of rotatable bonds is 4. The van der Waals surface area contributed by atoms with Crippen LogP contribution < -0.4 is 4.74 Å². The average Bonchev–Trinajstić information content (AvgIpc) is 2.39. The van der Waals surface area contributed by atoms with Crippen LogP contribution in [0.15, 0.2) is 42.5 Å². The van der Waals surface area contributed by atoms with E-state index in [1.54, 1.807) is 42.5 Å². The fourth-order valence-electron chi connectivity index (χ4n) is 1.75. The Labute approximate surface area is 121 Å². The first-order valence-electron chi connectivity index (χ1n) is 5.85. The molecule has 2 aromatic rings. The molecule has 0 aromatic heterocycles. The zero-order chi connectivity index (χ0) is 13.8. The average molecular weight is 295 g/mol. The lowest BCUT2D eigenvalue weighted by Gasteiger charge is -2.08. The third-order valence-corrected chi connectivity index (χ3v) is 3.23. The van der Waals surface area contributed by atoms with Gasteiger partial charge in [0.05, 0.1) is 22.2 Å². The van der Waals surface area contributed by atoms with Gasteiger partial charge in [-0.1, -0.05) is 41.4 Å². The largest absolute Gasteiger partial charge is 0.494 e. The summed E-state index contributed by atoms with van der Waals surface area (Å²) < 4.78 is 5.37. The Balaban J connectivity index is 2.41. The van der Waals surface area contributed by atoms with E-state index in [0.29, 0.717) is 33.5 Å². The van der Waals surface area contributed by atoms with E-state index in [-0.39, 0.29) is 5.78 Å². The third kappa shape index (κ3) is 3.09. The Kier molecular flexibility index (Phi) is 4.46. The molecule has 2 aromatic carbocycles. The molecule has 0 saturated heterocycles. The first-order chi connectivity index (χ1) is 9.13. The van der Waals surface area contributed by atoms with Gasteiger partial charge in [0, 0.05) is 5.56 Å². The molecule has 0 radical (unpaired) electrons. The van der Waals surface area contributed by atoms with E-state index in [1.165, 1.54) is 0 Å². The minimum absolute atomic E-state index is 0.211. The van der Waals surface area contributed by atoms with Crippen molar-refractivity contribution in [2.75, 3.05) is 6.61 Å². The molecule has 2 rings (SSSR count). The minimum Gasteiger partial charge on any atom is -0.494 e. The van der Waals surface area contributed by atoms with E-state index in [0.717, 1.165) is 0 Å². The van der Waals surface area contributed by atoms with Crippen LogP contribution >= 0.6 is 23.2 Å². The van der Waals surface area contributed by atoms with Crippen molar-refractivity contribution in [2.45, 2.75) is 6.92 Å². The predicted octanol–water partition coefficient (Wildman–Crippen LogP) is 4.62. The van der Waals surface area contributed by atoms with Gasteiger partial charge in [0.2, 0.25) is 0 Å². The van der Waals surface area contributed by atoms with Gasteiger partial charge in [0.25, 0.3) is 0 Å². The number of benzene rings is 2. The molecule has 0 bridgehead atoms. The third-order valence-electron chi connectivity index (χ3n) is 2.60. The van der Waals surface area contributed by atoms with E-state index >= 15 is 0 Å². The van der Waals surface area contributed by atoms with Crippen molar-refractivity contribution in [1.29, 1.82) is 0 Å². The number of carbonyl (C=O) groups excluding carboxylic acids is 1. The summed E-state index contributed by atoms with van der Waals surface area (Å²) in [6, 6.07) is 12.0. The fourth-order valence-corrected chi connectivity index (χ4v) is 2.32. The highest BCUT2D eigenvalue weighted by atomic mass is 35.5. The first kappa shape index (κ1) is 13.9. The molecule has 2 nitrogen and oxygen atoms in total. The molecular weight excluding hydrogens is 283 g/mol. The number of hydrogen-bond donors (Lipinski definition) is 0. The lowest BCUT2D eigenvalue weighted by molar-refractivity contribution is 0.103. The summed E-state index contributed by atoms with van der Waals surface area (Å²) in [6.45, 7) is 2.43. The molecule has 0 aliphatic carbocycles. The summed E-state index contributed by atoms with van der Waals surface area (Å²) >= 11 is 12.1. The van der Waals surface area contributed by atoms with Gasteiger partial charge in [-0.25, -0.2) is 0 Å². The number of halogens is 2. The summed E-state index contributed by atoms with van der Waals surface area (Å²) in [7, 11) is 0. The van der Waals surface area contributed by atoms with Gasteiger partial charge >= 0.3 is 0 Å². The van der Waals surface area contributed by atoms with Crippen LogP contribution in [0, 0.1) is 0 Å². The second-order valence-electron chi connectivity index (χ2n) is 3.89. The molecule has 0 N–H and O–H groups in total. The van der Waals surface area contributed by atoms with Crippen molar-refractivity contribution >= 4 is 29.0 Å². The second kappa shape index (κ2) is 6.09. The molecule has 0 spiro atoms. The van der Waals surface area contributed by atoms with Gasteiger partial charge in [-0.2, -0.15) is 0 Å². The second-order valence-corrected chi connectivity index (χ2v) is 4.70. The zero-order valence-electron chi connectivity index (χ0n) is 10.3. The SMILES string of the molecule is CCOc1cccc(C(=O)c2c(Cl)cccc2Cl)c1. The molecule has 0 aliphatic rings. The van der Waals surface area contributed by atoms with Crippen molar-refractivity contribution in [2.24, 2.45) is 0 Å². The van der Waals surface area contributed by atoms with E-state index in [9.17, 15) is 4.79 Å². The highest BCUT2D eigenvalue weighted by Gasteiger charge is 2.16. The standard InChI is InChI=1S/C15H12Cl2O2/c1-2-19-11-6-3-5-10(9-11)15(18)14-12(16)7-4-8-13(14)17/h3-9H,2H2,1H3. The van der Waals surface area contributed by atoms with Crippen molar-refractivity contribution in [3.05, 3.63) is 63.6 Å². The summed E-state index contributed by atoms with van der Waals surface area (Å²) in [6.07, 6.45) is 0. The van der Waals surface area contributed by atoms with Crippen molar-refractivity contribution < 1.29 is 9.53 Å². The Morgan fingerprint density at radius 3 is 2.37 bits per heavy atom. The van der Waals surface area contributed by atoms with Crippen LogP contribution in [0.25, 0.3) is 0 Å². The topological polar surface area (TPSA) is 26.3 Å². The van der Waals surface area contributed by atoms with Gasteiger partial charge in [0.15, 0.2) is 5.78 Å². The maximum Gasteiger partial charge on any atom is 0.196 e. The molecule has 0 amide bonds. The van der Waals surface area contributed by atoms with Crippen LogP contribution in [-0.4, -0.2) is 12.4 Å². The van der Waals surface area contributed by atoms with Crippen molar-refractivity contribution in [3.63, 3.8) is 0 Å². The van der Waals surface area contributed by atoms with Crippen LogP contribution in [0.3, 0.4) is 0 Å². The predicted molar refractivity (Wildman–Crippen MR) is 77.5 cm³/mol. The maximum absolute atomic E-state index is 12.4. The van der Waals surface area contributed by atoms with Crippen LogP contribution in [0.2, 0.25) is 10.0 Å². The molecule has 0 heterocycles. The lowest BCUT2D eigenvalue weighted by atomic mass is 10.0. The minimum atomic E-state index is -0.211. The Morgan fingerprint density at radius 1 is 1.11 bits per heavy atom. The molecule has 0 atom stereocenters. The number of hydrogen-bond acceptors (Lipinski definition) is 2. The molecule has 0 fully saturated rings. The first-order valence-corrected chi connectivity index (χ1v) is 6.60. The molecule has 98 valence electrons. The lowest BCUT2D eigenvalue weighted by Crippen LogP contribution is -2.04.